The van der Waals surface area contributed by atoms with Crippen LogP contribution in [0.2, 0.25) is 0 Å². The number of carbonyl (C=O) groups excluding carboxylic acids is 1. The Labute approximate surface area is 131 Å². The first-order chi connectivity index (χ1) is 10.5. The van der Waals surface area contributed by atoms with Gasteiger partial charge >= 0.3 is 18.2 Å². The lowest BCUT2D eigenvalue weighted by atomic mass is 9.84. The molecule has 0 spiro atoms. The van der Waals surface area contributed by atoms with Crippen LogP contribution in [0.1, 0.15) is 31.4 Å². The number of amides is 2. The summed E-state index contributed by atoms with van der Waals surface area (Å²) >= 11 is 0. The summed E-state index contributed by atoms with van der Waals surface area (Å²) in [6.07, 6.45) is -4.63. The van der Waals surface area contributed by atoms with E-state index in [2.05, 4.69) is 10.6 Å². The van der Waals surface area contributed by atoms with Crippen molar-refractivity contribution in [2.75, 3.05) is 13.1 Å². The first kappa shape index (κ1) is 18.8. The van der Waals surface area contributed by atoms with E-state index in [1.54, 1.807) is 19.9 Å². The van der Waals surface area contributed by atoms with E-state index in [4.69, 9.17) is 5.11 Å². The van der Waals surface area contributed by atoms with E-state index >= 15 is 0 Å². The van der Waals surface area contributed by atoms with Crippen molar-refractivity contribution in [3.63, 3.8) is 0 Å². The fourth-order valence-electron chi connectivity index (χ4n) is 1.87. The van der Waals surface area contributed by atoms with E-state index < -0.39 is 29.2 Å². The molecule has 2 amide bonds. The smallest absolute Gasteiger partial charge is 0.416 e. The highest BCUT2D eigenvalue weighted by molar-refractivity contribution is 5.75. The fourth-order valence-corrected chi connectivity index (χ4v) is 1.87. The molecule has 1 aromatic carbocycles. The van der Waals surface area contributed by atoms with Gasteiger partial charge in [-0.2, -0.15) is 13.2 Å². The van der Waals surface area contributed by atoms with Crippen LogP contribution in [0.4, 0.5) is 18.0 Å². The number of benzene rings is 1. The summed E-state index contributed by atoms with van der Waals surface area (Å²) < 4.78 is 38.2. The summed E-state index contributed by atoms with van der Waals surface area (Å²) in [7, 11) is 0. The molecule has 0 bridgehead atoms. The number of urea groups is 1. The average Bonchev–Trinajstić information content (AvgIpc) is 2.44. The Bertz CT molecular complexity index is 571. The normalized spacial score (nSPS) is 11.9. The molecule has 3 N–H and O–H groups in total. The Balaban J connectivity index is 2.65. The van der Waals surface area contributed by atoms with Crippen molar-refractivity contribution >= 4 is 12.0 Å². The fraction of sp³-hybridized carbons (Fsp3) is 0.467. The minimum absolute atomic E-state index is 0.0227. The predicted molar refractivity (Wildman–Crippen MR) is 78.1 cm³/mol. The third kappa shape index (κ3) is 6.17. The van der Waals surface area contributed by atoms with E-state index in [0.29, 0.717) is 5.56 Å². The molecule has 0 heterocycles. The van der Waals surface area contributed by atoms with Gasteiger partial charge in [0.25, 0.3) is 0 Å². The Hall–Kier alpha value is -2.25. The zero-order valence-corrected chi connectivity index (χ0v) is 12.8. The van der Waals surface area contributed by atoms with Crippen LogP contribution < -0.4 is 10.6 Å². The average molecular weight is 332 g/mol. The largest absolute Gasteiger partial charge is 0.481 e. The van der Waals surface area contributed by atoms with Crippen molar-refractivity contribution in [2.45, 2.75) is 31.9 Å². The van der Waals surface area contributed by atoms with Crippen molar-refractivity contribution in [2.24, 2.45) is 0 Å². The van der Waals surface area contributed by atoms with Gasteiger partial charge in [-0.15, -0.1) is 0 Å². The Morgan fingerprint density at radius 2 is 1.74 bits per heavy atom. The SMILES string of the molecule is CC(C)(CNC(=O)NCCC(=O)O)c1cccc(C(F)(F)F)c1. The first-order valence-electron chi connectivity index (χ1n) is 6.93. The molecule has 0 aliphatic rings. The van der Waals surface area contributed by atoms with E-state index in [1.807, 2.05) is 0 Å². The highest BCUT2D eigenvalue weighted by atomic mass is 19.4. The maximum absolute atomic E-state index is 12.7. The molecule has 0 saturated heterocycles. The molecule has 0 radical (unpaired) electrons. The number of halogens is 3. The number of rotatable bonds is 6. The molecule has 5 nitrogen and oxygen atoms in total. The van der Waals surface area contributed by atoms with Crippen LogP contribution in [0.5, 0.6) is 0 Å². The van der Waals surface area contributed by atoms with E-state index in [-0.39, 0.29) is 19.5 Å². The molecular formula is C15H19F3N2O3. The number of hydrogen-bond donors (Lipinski definition) is 3. The lowest BCUT2D eigenvalue weighted by Crippen LogP contribution is -2.42. The Morgan fingerprint density at radius 1 is 1.13 bits per heavy atom. The van der Waals surface area contributed by atoms with Gasteiger partial charge in [0.1, 0.15) is 0 Å². The second-order valence-corrected chi connectivity index (χ2v) is 5.72. The summed E-state index contributed by atoms with van der Waals surface area (Å²) in [6.45, 7) is 3.50. The highest BCUT2D eigenvalue weighted by Gasteiger charge is 2.32. The Morgan fingerprint density at radius 3 is 2.30 bits per heavy atom. The van der Waals surface area contributed by atoms with Gasteiger partial charge in [0.05, 0.1) is 12.0 Å². The first-order valence-corrected chi connectivity index (χ1v) is 6.93. The molecule has 8 heteroatoms. The number of aliphatic carboxylic acids is 1. The maximum Gasteiger partial charge on any atom is 0.416 e. The van der Waals surface area contributed by atoms with Gasteiger partial charge in [0.15, 0.2) is 0 Å². The highest BCUT2D eigenvalue weighted by Crippen LogP contribution is 2.32. The van der Waals surface area contributed by atoms with Crippen molar-refractivity contribution in [1.29, 1.82) is 0 Å². The minimum atomic E-state index is -4.42. The predicted octanol–water partition coefficient (Wildman–Crippen LogP) is 2.76. The molecule has 0 fully saturated rings. The molecule has 0 aliphatic heterocycles. The molecule has 1 aromatic rings. The zero-order chi connectivity index (χ0) is 17.7. The van der Waals surface area contributed by atoms with Gasteiger partial charge in [-0.1, -0.05) is 32.0 Å². The second kappa shape index (κ2) is 7.34. The van der Waals surface area contributed by atoms with Crippen LogP contribution in [-0.4, -0.2) is 30.2 Å². The van der Waals surface area contributed by atoms with Crippen molar-refractivity contribution in [1.82, 2.24) is 10.6 Å². The van der Waals surface area contributed by atoms with Crippen LogP contribution in [0.15, 0.2) is 24.3 Å². The van der Waals surface area contributed by atoms with E-state index in [9.17, 15) is 22.8 Å². The molecule has 0 saturated carbocycles. The van der Waals surface area contributed by atoms with Crippen molar-refractivity contribution in [3.8, 4) is 0 Å². The van der Waals surface area contributed by atoms with Gasteiger partial charge in [0, 0.05) is 18.5 Å². The second-order valence-electron chi connectivity index (χ2n) is 5.72. The van der Waals surface area contributed by atoms with E-state index in [0.717, 1.165) is 12.1 Å². The molecule has 1 rings (SSSR count). The Kier molecular flexibility index (Phi) is 6.00. The van der Waals surface area contributed by atoms with Crippen molar-refractivity contribution < 1.29 is 27.9 Å². The molecule has 0 unspecified atom stereocenters. The zero-order valence-electron chi connectivity index (χ0n) is 12.8. The van der Waals surface area contributed by atoms with Gasteiger partial charge in [-0.3, -0.25) is 4.79 Å². The number of carbonyl (C=O) groups is 2. The lowest BCUT2D eigenvalue weighted by molar-refractivity contribution is -0.138. The van der Waals surface area contributed by atoms with Gasteiger partial charge in [-0.05, 0) is 11.6 Å². The van der Waals surface area contributed by atoms with Crippen LogP contribution in [0.3, 0.4) is 0 Å². The summed E-state index contributed by atoms with van der Waals surface area (Å²) in [6, 6.07) is 4.38. The van der Waals surface area contributed by atoms with Crippen LogP contribution in [-0.2, 0) is 16.4 Å². The summed E-state index contributed by atoms with van der Waals surface area (Å²) in [5, 5.41) is 13.4. The van der Waals surface area contributed by atoms with Gasteiger partial charge in [-0.25, -0.2) is 4.79 Å². The quantitative estimate of drug-likeness (QED) is 0.749. The number of alkyl halides is 3. The summed E-state index contributed by atoms with van der Waals surface area (Å²) in [5.41, 5.74) is -1.02. The van der Waals surface area contributed by atoms with Crippen LogP contribution in [0.25, 0.3) is 0 Å². The third-order valence-corrected chi connectivity index (χ3v) is 3.29. The van der Waals surface area contributed by atoms with Gasteiger partial charge < -0.3 is 15.7 Å². The number of hydrogen-bond acceptors (Lipinski definition) is 2. The number of nitrogens with one attached hydrogen (secondary N) is 2. The summed E-state index contributed by atoms with van der Waals surface area (Å²) in [4.78, 5) is 21.9. The third-order valence-electron chi connectivity index (χ3n) is 3.29. The molecule has 0 atom stereocenters. The van der Waals surface area contributed by atoms with Crippen molar-refractivity contribution in [3.05, 3.63) is 35.4 Å². The maximum atomic E-state index is 12.7. The van der Waals surface area contributed by atoms with E-state index in [1.165, 1.54) is 6.07 Å². The van der Waals surface area contributed by atoms with Crippen LogP contribution in [0, 0.1) is 0 Å². The topological polar surface area (TPSA) is 78.4 Å². The van der Waals surface area contributed by atoms with Gasteiger partial charge in [0.2, 0.25) is 0 Å². The molecule has 128 valence electrons. The molecule has 0 aromatic heterocycles. The monoisotopic (exact) mass is 332 g/mol. The molecular weight excluding hydrogens is 313 g/mol. The minimum Gasteiger partial charge on any atom is -0.481 e. The lowest BCUT2D eigenvalue weighted by Gasteiger charge is -2.26. The molecule has 23 heavy (non-hydrogen) atoms. The number of carboxylic acid groups (broad SMARTS) is 1. The molecule has 0 aliphatic carbocycles. The number of carboxylic acids is 1. The summed E-state index contributed by atoms with van der Waals surface area (Å²) in [5.74, 6) is -1.03. The standard InChI is InChI=1S/C15H19F3N2O3/c1-14(2,9-20-13(23)19-7-6-12(21)22)10-4-3-5-11(8-10)15(16,17)18/h3-5,8H,6-7,9H2,1-2H3,(H,21,22)(H2,19,20,23). The van der Waals surface area contributed by atoms with Crippen LogP contribution >= 0.6 is 0 Å².